The van der Waals surface area contributed by atoms with E-state index in [1.165, 1.54) is 5.57 Å². The lowest BCUT2D eigenvalue weighted by Gasteiger charge is -1.87. The molecule has 0 bridgehead atoms. The number of rotatable bonds is 2. The minimum absolute atomic E-state index is 0.779. The molecule has 0 aromatic rings. The highest BCUT2D eigenvalue weighted by atomic mass is 35.5. The quantitative estimate of drug-likeness (QED) is 0.536. The summed E-state index contributed by atoms with van der Waals surface area (Å²) < 4.78 is 0. The van der Waals surface area contributed by atoms with Gasteiger partial charge >= 0.3 is 0 Å². The molecule has 0 unspecified atom stereocenters. The first-order valence-corrected chi connectivity index (χ1v) is 3.71. The van der Waals surface area contributed by atoms with Gasteiger partial charge in [-0.25, -0.2) is 0 Å². The Labute approximate surface area is 67.9 Å². The van der Waals surface area contributed by atoms with Crippen molar-refractivity contribution in [3.8, 4) is 0 Å². The molecule has 0 N–H and O–H groups in total. The maximum Gasteiger partial charge on any atom is 0.0363 e. The molecule has 0 aliphatic heterocycles. The molecule has 0 atom stereocenters. The molecular weight excluding hydrogens is 144 g/mol. The zero-order valence-corrected chi connectivity index (χ0v) is 7.44. The van der Waals surface area contributed by atoms with Crippen molar-refractivity contribution < 1.29 is 0 Å². The third kappa shape index (κ3) is 4.39. The second-order valence-corrected chi connectivity index (χ2v) is 2.48. The Kier molecular flexibility index (Phi) is 5.05. The van der Waals surface area contributed by atoms with Gasteiger partial charge < -0.3 is 0 Å². The second kappa shape index (κ2) is 5.31. The summed E-state index contributed by atoms with van der Waals surface area (Å²) in [6.45, 7) is 5.96. The molecule has 0 aliphatic carbocycles. The largest absolute Gasteiger partial charge is 0.0847 e. The number of halogens is 1. The zero-order valence-electron chi connectivity index (χ0n) is 6.69. The van der Waals surface area contributed by atoms with Crippen molar-refractivity contribution in [2.75, 3.05) is 0 Å². The van der Waals surface area contributed by atoms with Crippen molar-refractivity contribution in [2.24, 2.45) is 0 Å². The number of hydrogen-bond donors (Lipinski definition) is 0. The van der Waals surface area contributed by atoms with E-state index in [4.69, 9.17) is 11.6 Å². The van der Waals surface area contributed by atoms with Crippen LogP contribution >= 0.6 is 11.6 Å². The van der Waals surface area contributed by atoms with Crippen LogP contribution in [0.1, 0.15) is 20.8 Å². The van der Waals surface area contributed by atoms with Gasteiger partial charge in [0.05, 0.1) is 0 Å². The Balaban J connectivity index is 4.01. The van der Waals surface area contributed by atoms with Gasteiger partial charge in [0.1, 0.15) is 0 Å². The summed E-state index contributed by atoms with van der Waals surface area (Å²) in [6.07, 6.45) is 7.77. The van der Waals surface area contributed by atoms with Crippen molar-refractivity contribution in [1.29, 1.82) is 0 Å². The summed E-state index contributed by atoms with van der Waals surface area (Å²) in [5.41, 5.74) is 1.22. The monoisotopic (exact) mass is 156 g/mol. The lowest BCUT2D eigenvalue weighted by Crippen LogP contribution is -1.65. The molecule has 0 rings (SSSR count). The lowest BCUT2D eigenvalue weighted by molar-refractivity contribution is 1.47. The smallest absolute Gasteiger partial charge is 0.0363 e. The van der Waals surface area contributed by atoms with Gasteiger partial charge in [-0.05, 0) is 26.8 Å². The molecule has 0 aliphatic rings. The van der Waals surface area contributed by atoms with E-state index in [2.05, 4.69) is 0 Å². The van der Waals surface area contributed by atoms with Gasteiger partial charge in [0, 0.05) is 5.03 Å². The van der Waals surface area contributed by atoms with Crippen LogP contribution in [0, 0.1) is 0 Å². The third-order valence-electron chi connectivity index (χ3n) is 1.24. The molecule has 0 radical (unpaired) electrons. The average Bonchev–Trinajstić information content (AvgIpc) is 1.99. The summed E-state index contributed by atoms with van der Waals surface area (Å²) in [5, 5.41) is 0.779. The van der Waals surface area contributed by atoms with E-state index in [0.717, 1.165) is 5.03 Å². The molecule has 10 heavy (non-hydrogen) atoms. The van der Waals surface area contributed by atoms with Crippen LogP contribution in [0.5, 0.6) is 0 Å². The van der Waals surface area contributed by atoms with Gasteiger partial charge in [-0.3, -0.25) is 0 Å². The van der Waals surface area contributed by atoms with Crippen LogP contribution in [0.3, 0.4) is 0 Å². The predicted molar refractivity (Wildman–Crippen MR) is 48.2 cm³/mol. The lowest BCUT2D eigenvalue weighted by atomic mass is 10.2. The van der Waals surface area contributed by atoms with Gasteiger partial charge in [0.15, 0.2) is 0 Å². The van der Waals surface area contributed by atoms with Crippen molar-refractivity contribution in [2.45, 2.75) is 20.8 Å². The van der Waals surface area contributed by atoms with E-state index in [1.807, 2.05) is 45.1 Å². The van der Waals surface area contributed by atoms with E-state index in [1.54, 1.807) is 0 Å². The van der Waals surface area contributed by atoms with Crippen LogP contribution in [0.2, 0.25) is 0 Å². The van der Waals surface area contributed by atoms with Gasteiger partial charge in [-0.2, -0.15) is 0 Å². The highest BCUT2D eigenvalue weighted by Crippen LogP contribution is 2.04. The normalized spacial score (nSPS) is 14.8. The Morgan fingerprint density at radius 1 is 1.10 bits per heavy atom. The Morgan fingerprint density at radius 3 is 2.10 bits per heavy atom. The molecule has 0 heterocycles. The van der Waals surface area contributed by atoms with Crippen molar-refractivity contribution in [1.82, 2.24) is 0 Å². The standard InChI is InChI=1S/C9H13Cl/c1-4-8(3)6-7-9(10)5-2/h4-7H,1-3H3/b7-6-,8-4-,9-5-. The minimum atomic E-state index is 0.779. The van der Waals surface area contributed by atoms with E-state index < -0.39 is 0 Å². The minimum Gasteiger partial charge on any atom is -0.0847 e. The molecule has 0 fully saturated rings. The topological polar surface area (TPSA) is 0 Å². The van der Waals surface area contributed by atoms with Crippen LogP contribution in [-0.2, 0) is 0 Å². The molecule has 0 saturated carbocycles. The fourth-order valence-corrected chi connectivity index (χ4v) is 0.466. The summed E-state index contributed by atoms with van der Waals surface area (Å²) in [4.78, 5) is 0. The summed E-state index contributed by atoms with van der Waals surface area (Å²) >= 11 is 5.71. The summed E-state index contributed by atoms with van der Waals surface area (Å²) in [7, 11) is 0. The average molecular weight is 157 g/mol. The van der Waals surface area contributed by atoms with E-state index >= 15 is 0 Å². The molecule has 0 spiro atoms. The third-order valence-corrected chi connectivity index (χ3v) is 1.58. The molecule has 1 heteroatoms. The summed E-state index contributed by atoms with van der Waals surface area (Å²) in [5.74, 6) is 0. The van der Waals surface area contributed by atoms with Crippen molar-refractivity contribution in [3.63, 3.8) is 0 Å². The predicted octanol–water partition coefficient (Wildman–Crippen LogP) is 3.65. The molecule has 0 amide bonds. The fraction of sp³-hybridized carbons (Fsp3) is 0.333. The highest BCUT2D eigenvalue weighted by molar-refractivity contribution is 6.31. The van der Waals surface area contributed by atoms with Crippen LogP contribution in [0.25, 0.3) is 0 Å². The molecule has 0 nitrogen and oxygen atoms in total. The van der Waals surface area contributed by atoms with Crippen LogP contribution in [0.4, 0.5) is 0 Å². The van der Waals surface area contributed by atoms with Crippen LogP contribution < -0.4 is 0 Å². The summed E-state index contributed by atoms with van der Waals surface area (Å²) in [6, 6.07) is 0. The fourth-order valence-electron chi connectivity index (χ4n) is 0.404. The maximum atomic E-state index is 5.71. The van der Waals surface area contributed by atoms with Gasteiger partial charge in [0.2, 0.25) is 0 Å². The molecule has 0 aromatic heterocycles. The van der Waals surface area contributed by atoms with Crippen LogP contribution in [-0.4, -0.2) is 0 Å². The van der Waals surface area contributed by atoms with Gasteiger partial charge in [-0.15, -0.1) is 0 Å². The number of allylic oxidation sites excluding steroid dienone is 6. The van der Waals surface area contributed by atoms with E-state index in [9.17, 15) is 0 Å². The first-order valence-electron chi connectivity index (χ1n) is 3.33. The molecule has 0 saturated heterocycles. The highest BCUT2D eigenvalue weighted by Gasteiger charge is 1.80. The Hall–Kier alpha value is -0.490. The van der Waals surface area contributed by atoms with Gasteiger partial charge in [-0.1, -0.05) is 35.4 Å². The Morgan fingerprint density at radius 2 is 1.70 bits per heavy atom. The number of hydrogen-bond acceptors (Lipinski definition) is 0. The van der Waals surface area contributed by atoms with Gasteiger partial charge in [0.25, 0.3) is 0 Å². The first kappa shape index (κ1) is 9.51. The molecular formula is C9H13Cl. The van der Waals surface area contributed by atoms with E-state index in [0.29, 0.717) is 0 Å². The SMILES string of the molecule is C\C=C(C)/C=C\C(Cl)=C\C. The molecule has 0 aromatic carbocycles. The van der Waals surface area contributed by atoms with E-state index in [-0.39, 0.29) is 0 Å². The van der Waals surface area contributed by atoms with Crippen LogP contribution in [0.15, 0.2) is 34.9 Å². The second-order valence-electron chi connectivity index (χ2n) is 2.04. The zero-order chi connectivity index (χ0) is 7.98. The van der Waals surface area contributed by atoms with Crippen molar-refractivity contribution >= 4 is 11.6 Å². The molecule has 56 valence electrons. The Bertz CT molecular complexity index is 153. The van der Waals surface area contributed by atoms with Crippen molar-refractivity contribution in [3.05, 3.63) is 34.9 Å². The first-order chi connectivity index (χ1) is 4.70. The maximum absolute atomic E-state index is 5.71.